The average molecular weight is 314 g/mol. The van der Waals surface area contributed by atoms with Crippen molar-refractivity contribution in [2.75, 3.05) is 20.2 Å². The van der Waals surface area contributed by atoms with Gasteiger partial charge in [0.1, 0.15) is 5.75 Å². The molecule has 0 aliphatic rings. The summed E-state index contributed by atoms with van der Waals surface area (Å²) in [6.07, 6.45) is 1.52. The molecule has 3 N–H and O–H groups in total. The van der Waals surface area contributed by atoms with E-state index in [1.807, 2.05) is 0 Å². The average Bonchev–Trinajstić information content (AvgIpc) is 2.56. The number of methoxy groups -OCH3 is 1. The highest BCUT2D eigenvalue weighted by Crippen LogP contribution is 2.27. The SMILES string of the molecule is COc1cccc(C=NCCNC(=O)c2ccccc2O)c1O. The summed E-state index contributed by atoms with van der Waals surface area (Å²) < 4.78 is 5.01. The van der Waals surface area contributed by atoms with E-state index in [2.05, 4.69) is 10.3 Å². The van der Waals surface area contributed by atoms with Crippen LogP contribution in [0.5, 0.6) is 17.2 Å². The summed E-state index contributed by atoms with van der Waals surface area (Å²) in [6.45, 7) is 0.657. The summed E-state index contributed by atoms with van der Waals surface area (Å²) in [5, 5.41) is 22.1. The van der Waals surface area contributed by atoms with E-state index in [0.717, 1.165) is 0 Å². The van der Waals surface area contributed by atoms with Gasteiger partial charge in [0.05, 0.1) is 19.2 Å². The standard InChI is InChI=1S/C17H18N2O4/c1-23-15-8-4-5-12(16(15)21)11-18-9-10-19-17(22)13-6-2-3-7-14(13)20/h2-8,11,20-21H,9-10H2,1H3,(H,19,22). The summed E-state index contributed by atoms with van der Waals surface area (Å²) in [4.78, 5) is 16.0. The van der Waals surface area contributed by atoms with Crippen molar-refractivity contribution in [1.29, 1.82) is 0 Å². The van der Waals surface area contributed by atoms with Gasteiger partial charge in [0, 0.05) is 18.3 Å². The maximum Gasteiger partial charge on any atom is 0.255 e. The number of amides is 1. The van der Waals surface area contributed by atoms with Gasteiger partial charge >= 0.3 is 0 Å². The second-order valence-electron chi connectivity index (χ2n) is 4.71. The Labute approximate surface area is 134 Å². The number of phenols is 2. The maximum absolute atomic E-state index is 11.9. The van der Waals surface area contributed by atoms with Gasteiger partial charge in [0.2, 0.25) is 0 Å². The van der Waals surface area contributed by atoms with Crippen LogP contribution in [0, 0.1) is 0 Å². The molecule has 0 aliphatic carbocycles. The van der Waals surface area contributed by atoms with Crippen molar-refractivity contribution in [2.45, 2.75) is 0 Å². The number of para-hydroxylation sites is 2. The minimum atomic E-state index is -0.359. The lowest BCUT2D eigenvalue weighted by Crippen LogP contribution is -2.26. The van der Waals surface area contributed by atoms with Crippen LogP contribution < -0.4 is 10.1 Å². The number of phenolic OH excluding ortho intramolecular Hbond substituents is 2. The van der Waals surface area contributed by atoms with E-state index in [1.54, 1.807) is 36.4 Å². The third-order valence-corrected chi connectivity index (χ3v) is 3.16. The molecular formula is C17H18N2O4. The molecule has 0 spiro atoms. The molecule has 120 valence electrons. The second-order valence-corrected chi connectivity index (χ2v) is 4.71. The molecule has 1 amide bonds. The van der Waals surface area contributed by atoms with Gasteiger partial charge in [0.25, 0.3) is 5.91 Å². The third kappa shape index (κ3) is 4.23. The number of aliphatic imine (C=N–C) groups is 1. The largest absolute Gasteiger partial charge is 0.507 e. The van der Waals surface area contributed by atoms with Gasteiger partial charge in [-0.05, 0) is 24.3 Å². The highest BCUT2D eigenvalue weighted by atomic mass is 16.5. The van der Waals surface area contributed by atoms with E-state index in [1.165, 1.54) is 19.4 Å². The van der Waals surface area contributed by atoms with Crippen molar-refractivity contribution in [3.05, 3.63) is 53.6 Å². The van der Waals surface area contributed by atoms with E-state index >= 15 is 0 Å². The second kappa shape index (κ2) is 7.84. The lowest BCUT2D eigenvalue weighted by atomic mass is 10.2. The van der Waals surface area contributed by atoms with Crippen LogP contribution in [0.4, 0.5) is 0 Å². The van der Waals surface area contributed by atoms with Crippen LogP contribution in [0.2, 0.25) is 0 Å². The summed E-state index contributed by atoms with van der Waals surface area (Å²) in [5.74, 6) is -0.0175. The van der Waals surface area contributed by atoms with Crippen LogP contribution in [0.15, 0.2) is 47.5 Å². The first-order chi connectivity index (χ1) is 11.1. The van der Waals surface area contributed by atoms with Gasteiger partial charge < -0.3 is 20.3 Å². The van der Waals surface area contributed by atoms with Crippen LogP contribution in [0.3, 0.4) is 0 Å². The molecule has 0 saturated carbocycles. The fourth-order valence-corrected chi connectivity index (χ4v) is 1.97. The predicted octanol–water partition coefficient (Wildman–Crippen LogP) is 1.96. The highest BCUT2D eigenvalue weighted by Gasteiger charge is 2.08. The topological polar surface area (TPSA) is 91.2 Å². The summed E-state index contributed by atoms with van der Waals surface area (Å²) in [7, 11) is 1.48. The molecule has 0 saturated heterocycles. The first-order valence-electron chi connectivity index (χ1n) is 7.05. The molecule has 23 heavy (non-hydrogen) atoms. The quantitative estimate of drug-likeness (QED) is 0.561. The molecule has 0 heterocycles. The van der Waals surface area contributed by atoms with Crippen molar-refractivity contribution < 1.29 is 19.7 Å². The molecule has 2 aromatic carbocycles. The lowest BCUT2D eigenvalue weighted by molar-refractivity contribution is 0.0952. The number of nitrogens with one attached hydrogen (secondary N) is 1. The van der Waals surface area contributed by atoms with E-state index in [-0.39, 0.29) is 23.0 Å². The Bertz CT molecular complexity index is 713. The molecule has 0 aliphatic heterocycles. The van der Waals surface area contributed by atoms with Crippen LogP contribution in [-0.2, 0) is 0 Å². The Morgan fingerprint density at radius 1 is 1.22 bits per heavy atom. The Morgan fingerprint density at radius 2 is 2.00 bits per heavy atom. The van der Waals surface area contributed by atoms with Gasteiger partial charge in [-0.25, -0.2) is 0 Å². The predicted molar refractivity (Wildman–Crippen MR) is 87.6 cm³/mol. The molecule has 6 nitrogen and oxygen atoms in total. The number of benzene rings is 2. The van der Waals surface area contributed by atoms with Crippen molar-refractivity contribution in [1.82, 2.24) is 5.32 Å². The fraction of sp³-hybridized carbons (Fsp3) is 0.176. The molecule has 0 unspecified atom stereocenters. The first-order valence-corrected chi connectivity index (χ1v) is 7.05. The number of nitrogens with zero attached hydrogens (tertiary/aromatic N) is 1. The van der Waals surface area contributed by atoms with Gasteiger partial charge in [-0.15, -0.1) is 0 Å². The number of rotatable bonds is 6. The summed E-state index contributed by atoms with van der Waals surface area (Å²) in [5.41, 5.74) is 0.762. The Morgan fingerprint density at radius 3 is 2.74 bits per heavy atom. The van der Waals surface area contributed by atoms with Crippen LogP contribution in [0.1, 0.15) is 15.9 Å². The molecule has 6 heteroatoms. The van der Waals surface area contributed by atoms with Crippen LogP contribution in [0.25, 0.3) is 0 Å². The minimum Gasteiger partial charge on any atom is -0.507 e. The van der Waals surface area contributed by atoms with Crippen molar-refractivity contribution >= 4 is 12.1 Å². The van der Waals surface area contributed by atoms with Gasteiger partial charge in [-0.1, -0.05) is 18.2 Å². The normalized spacial score (nSPS) is 10.7. The van der Waals surface area contributed by atoms with E-state index in [9.17, 15) is 15.0 Å². The number of hydrogen-bond donors (Lipinski definition) is 3. The zero-order chi connectivity index (χ0) is 16.7. The van der Waals surface area contributed by atoms with Crippen molar-refractivity contribution in [2.24, 2.45) is 4.99 Å². The number of aromatic hydroxyl groups is 2. The molecule has 0 atom stereocenters. The van der Waals surface area contributed by atoms with E-state index in [4.69, 9.17) is 4.74 Å². The van der Waals surface area contributed by atoms with Gasteiger partial charge in [0.15, 0.2) is 11.5 Å². The Balaban J connectivity index is 1.86. The van der Waals surface area contributed by atoms with E-state index < -0.39 is 0 Å². The third-order valence-electron chi connectivity index (χ3n) is 3.16. The summed E-state index contributed by atoms with van der Waals surface area (Å²) >= 11 is 0. The molecule has 2 rings (SSSR count). The molecule has 0 bridgehead atoms. The zero-order valence-electron chi connectivity index (χ0n) is 12.7. The van der Waals surface area contributed by atoms with Crippen LogP contribution >= 0.6 is 0 Å². The van der Waals surface area contributed by atoms with Gasteiger partial charge in [-0.3, -0.25) is 9.79 Å². The highest BCUT2D eigenvalue weighted by molar-refractivity contribution is 5.96. The summed E-state index contributed by atoms with van der Waals surface area (Å²) in [6, 6.07) is 11.4. The number of carbonyl (C=O) groups excluding carboxylic acids is 1. The Kier molecular flexibility index (Phi) is 5.57. The molecular weight excluding hydrogens is 296 g/mol. The first kappa shape index (κ1) is 16.4. The minimum absolute atomic E-state index is 0.0250. The lowest BCUT2D eigenvalue weighted by Gasteiger charge is -2.06. The van der Waals surface area contributed by atoms with Crippen molar-refractivity contribution in [3.8, 4) is 17.2 Å². The molecule has 2 aromatic rings. The van der Waals surface area contributed by atoms with E-state index in [0.29, 0.717) is 24.4 Å². The monoisotopic (exact) mass is 314 g/mol. The molecule has 0 radical (unpaired) electrons. The van der Waals surface area contributed by atoms with Gasteiger partial charge in [-0.2, -0.15) is 0 Å². The fourth-order valence-electron chi connectivity index (χ4n) is 1.97. The Hall–Kier alpha value is -3.02. The smallest absolute Gasteiger partial charge is 0.255 e. The molecule has 0 aromatic heterocycles. The number of carbonyl (C=O) groups is 1. The molecule has 0 fully saturated rings. The van der Waals surface area contributed by atoms with Crippen LogP contribution in [-0.4, -0.2) is 42.5 Å². The zero-order valence-corrected chi connectivity index (χ0v) is 12.7. The number of ether oxygens (including phenoxy) is 1. The maximum atomic E-state index is 11.9. The van der Waals surface area contributed by atoms with Crippen molar-refractivity contribution in [3.63, 3.8) is 0 Å². The number of hydrogen-bond acceptors (Lipinski definition) is 5.